The Kier molecular flexibility index (Phi) is 10.4. The van der Waals surface area contributed by atoms with E-state index in [0.717, 1.165) is 23.5 Å². The largest absolute Gasteiger partial charge is 0.326 e. The number of para-hydroxylation sites is 1. The van der Waals surface area contributed by atoms with Crippen LogP contribution in [0.5, 0.6) is 0 Å². The number of carbonyl (C=O) groups excluding carboxylic acids is 1. The molecule has 5 nitrogen and oxygen atoms in total. The molecule has 150 valence electrons. The van der Waals surface area contributed by atoms with Gasteiger partial charge in [-0.2, -0.15) is 0 Å². The molecule has 0 saturated heterocycles. The molecule has 5 heteroatoms. The molecule has 1 aromatic carbocycles. The Morgan fingerprint density at radius 2 is 1.81 bits per heavy atom. The number of aromatic nitrogens is 3. The summed E-state index contributed by atoms with van der Waals surface area (Å²) in [6.45, 7) is 12.2. The topological polar surface area (TPSA) is 59.8 Å². The Balaban J connectivity index is 0.000000855. The molecule has 0 spiro atoms. The van der Waals surface area contributed by atoms with Crippen LogP contribution in [-0.2, 0) is 4.79 Å². The molecule has 1 saturated carbocycles. The second-order valence-corrected chi connectivity index (χ2v) is 6.31. The number of hydrogen-bond donors (Lipinski definition) is 1. The summed E-state index contributed by atoms with van der Waals surface area (Å²) in [5.74, 6) is 0.146. The second-order valence-electron chi connectivity index (χ2n) is 6.31. The van der Waals surface area contributed by atoms with Gasteiger partial charge in [-0.3, -0.25) is 4.79 Å². The Bertz CT molecular complexity index is 662. The van der Waals surface area contributed by atoms with E-state index in [4.69, 9.17) is 0 Å². The molecule has 1 aromatic heterocycles. The fourth-order valence-corrected chi connectivity index (χ4v) is 3.10. The van der Waals surface area contributed by atoms with E-state index in [2.05, 4.69) is 34.2 Å². The summed E-state index contributed by atoms with van der Waals surface area (Å²) < 4.78 is 2.05. The monoisotopic (exact) mass is 372 g/mol. The number of benzene rings is 1. The average molecular weight is 373 g/mol. The average Bonchev–Trinajstić information content (AvgIpc) is 3.04. The number of carbonyl (C=O) groups is 1. The van der Waals surface area contributed by atoms with Gasteiger partial charge < -0.3 is 5.32 Å². The van der Waals surface area contributed by atoms with Crippen LogP contribution in [0, 0.1) is 6.92 Å². The normalized spacial score (nSPS) is 14.0. The molecule has 1 amide bonds. The van der Waals surface area contributed by atoms with Gasteiger partial charge in [-0.15, -0.1) is 5.10 Å². The highest BCUT2D eigenvalue weighted by Crippen LogP contribution is 2.34. The van der Waals surface area contributed by atoms with E-state index in [1.54, 1.807) is 0 Å². The lowest BCUT2D eigenvalue weighted by Gasteiger charge is -2.26. The Morgan fingerprint density at radius 1 is 1.19 bits per heavy atom. The first-order valence-corrected chi connectivity index (χ1v) is 10.5. The minimum atomic E-state index is 0.0284. The van der Waals surface area contributed by atoms with Crippen molar-refractivity contribution in [1.82, 2.24) is 15.0 Å². The zero-order valence-corrected chi connectivity index (χ0v) is 17.8. The summed E-state index contributed by atoms with van der Waals surface area (Å²) in [7, 11) is 0. The van der Waals surface area contributed by atoms with Gasteiger partial charge in [0.05, 0.1) is 17.4 Å². The summed E-state index contributed by atoms with van der Waals surface area (Å²) in [4.78, 5) is 12.3. The van der Waals surface area contributed by atoms with Crippen molar-refractivity contribution in [3.8, 4) is 0 Å². The van der Waals surface area contributed by atoms with Crippen molar-refractivity contribution < 1.29 is 4.79 Å². The van der Waals surface area contributed by atoms with Crippen molar-refractivity contribution in [2.24, 2.45) is 0 Å². The van der Waals surface area contributed by atoms with Crippen LogP contribution >= 0.6 is 0 Å². The maximum absolute atomic E-state index is 12.3. The van der Waals surface area contributed by atoms with E-state index in [1.807, 2.05) is 58.0 Å². The van der Waals surface area contributed by atoms with E-state index < -0.39 is 0 Å². The molecule has 2 aromatic rings. The SMILES string of the molecule is CC.CC.CC[C@@H](CC(=O)Nc1ccccc1)c1nnn(C2CCC2)c1C. The highest BCUT2D eigenvalue weighted by molar-refractivity contribution is 5.91. The Labute approximate surface area is 164 Å². The van der Waals surface area contributed by atoms with Gasteiger partial charge >= 0.3 is 0 Å². The first-order chi connectivity index (χ1) is 13.2. The molecule has 1 aliphatic carbocycles. The summed E-state index contributed by atoms with van der Waals surface area (Å²) in [6, 6.07) is 10.1. The van der Waals surface area contributed by atoms with Crippen molar-refractivity contribution in [3.05, 3.63) is 41.7 Å². The fourth-order valence-electron chi connectivity index (χ4n) is 3.10. The smallest absolute Gasteiger partial charge is 0.225 e. The van der Waals surface area contributed by atoms with Crippen molar-refractivity contribution >= 4 is 11.6 Å². The van der Waals surface area contributed by atoms with E-state index >= 15 is 0 Å². The summed E-state index contributed by atoms with van der Waals surface area (Å²) in [5.41, 5.74) is 2.93. The zero-order valence-electron chi connectivity index (χ0n) is 17.8. The maximum Gasteiger partial charge on any atom is 0.225 e. The predicted molar refractivity (Wildman–Crippen MR) is 113 cm³/mol. The summed E-state index contributed by atoms with van der Waals surface area (Å²) >= 11 is 0. The number of amides is 1. The van der Waals surface area contributed by atoms with E-state index in [-0.39, 0.29) is 11.8 Å². The quantitative estimate of drug-likeness (QED) is 0.688. The molecular weight excluding hydrogens is 336 g/mol. The standard InChI is InChI=1S/C18H24N4O.2C2H6/c1-3-14(12-17(23)19-15-8-5-4-6-9-15)18-13(2)22(21-20-18)16-10-7-11-16;2*1-2/h4-6,8-9,14,16H,3,7,10-12H2,1-2H3,(H,19,23);2*1-2H3/t14-;;/m0../s1. The van der Waals surface area contributed by atoms with Crippen LogP contribution in [0.3, 0.4) is 0 Å². The second kappa shape index (κ2) is 12.3. The van der Waals surface area contributed by atoms with E-state index in [9.17, 15) is 4.79 Å². The van der Waals surface area contributed by atoms with Gasteiger partial charge in [0.2, 0.25) is 5.91 Å². The van der Waals surface area contributed by atoms with Crippen LogP contribution in [0.25, 0.3) is 0 Å². The summed E-state index contributed by atoms with van der Waals surface area (Å²) in [6.07, 6.45) is 4.97. The van der Waals surface area contributed by atoms with Gasteiger partial charge in [-0.1, -0.05) is 58.0 Å². The van der Waals surface area contributed by atoms with Crippen LogP contribution in [0.2, 0.25) is 0 Å². The third-order valence-electron chi connectivity index (χ3n) is 4.75. The number of hydrogen-bond acceptors (Lipinski definition) is 3. The lowest BCUT2D eigenvalue weighted by atomic mass is 9.92. The molecule has 0 unspecified atom stereocenters. The van der Waals surface area contributed by atoms with Crippen molar-refractivity contribution in [2.75, 3.05) is 5.32 Å². The molecule has 0 bridgehead atoms. The van der Waals surface area contributed by atoms with Crippen LogP contribution in [0.1, 0.15) is 90.1 Å². The Morgan fingerprint density at radius 3 is 2.33 bits per heavy atom. The molecule has 1 heterocycles. The van der Waals surface area contributed by atoms with Crippen molar-refractivity contribution in [2.45, 2.75) is 85.6 Å². The maximum atomic E-state index is 12.3. The molecule has 1 atom stereocenters. The highest BCUT2D eigenvalue weighted by Gasteiger charge is 2.26. The number of nitrogens with zero attached hydrogens (tertiary/aromatic N) is 3. The third-order valence-corrected chi connectivity index (χ3v) is 4.75. The number of rotatable bonds is 6. The van der Waals surface area contributed by atoms with Gasteiger partial charge in [0.1, 0.15) is 0 Å². The van der Waals surface area contributed by atoms with Crippen LogP contribution in [-0.4, -0.2) is 20.9 Å². The Hall–Kier alpha value is -2.17. The van der Waals surface area contributed by atoms with E-state index in [0.29, 0.717) is 12.5 Å². The molecular formula is C22H36N4O. The van der Waals surface area contributed by atoms with Crippen molar-refractivity contribution in [3.63, 3.8) is 0 Å². The van der Waals surface area contributed by atoms with Gasteiger partial charge in [-0.05, 0) is 44.7 Å². The molecule has 0 aliphatic heterocycles. The lowest BCUT2D eigenvalue weighted by Crippen LogP contribution is -2.20. The minimum Gasteiger partial charge on any atom is -0.326 e. The molecule has 27 heavy (non-hydrogen) atoms. The molecule has 0 radical (unpaired) electrons. The molecule has 3 rings (SSSR count). The third kappa shape index (κ3) is 6.19. The van der Waals surface area contributed by atoms with E-state index in [1.165, 1.54) is 19.3 Å². The van der Waals surface area contributed by atoms with Gasteiger partial charge in [0.25, 0.3) is 0 Å². The molecule has 1 N–H and O–H groups in total. The first-order valence-electron chi connectivity index (χ1n) is 10.5. The van der Waals surface area contributed by atoms with Crippen molar-refractivity contribution in [1.29, 1.82) is 0 Å². The van der Waals surface area contributed by atoms with Crippen LogP contribution in [0.15, 0.2) is 30.3 Å². The van der Waals surface area contributed by atoms with Crippen LogP contribution in [0.4, 0.5) is 5.69 Å². The minimum absolute atomic E-state index is 0.0284. The lowest BCUT2D eigenvalue weighted by molar-refractivity contribution is -0.116. The molecule has 1 aliphatic rings. The summed E-state index contributed by atoms with van der Waals surface area (Å²) in [5, 5.41) is 11.7. The predicted octanol–water partition coefficient (Wildman–Crippen LogP) is 5.89. The molecule has 1 fully saturated rings. The first kappa shape index (κ1) is 22.9. The number of anilines is 1. The highest BCUT2D eigenvalue weighted by atomic mass is 16.1. The van der Waals surface area contributed by atoms with Crippen LogP contribution < -0.4 is 5.32 Å². The van der Waals surface area contributed by atoms with Gasteiger partial charge in [0, 0.05) is 18.0 Å². The zero-order chi connectivity index (χ0) is 20.2. The number of nitrogens with one attached hydrogen (secondary N) is 1. The van der Waals surface area contributed by atoms with Gasteiger partial charge in [-0.25, -0.2) is 4.68 Å². The van der Waals surface area contributed by atoms with Gasteiger partial charge in [0.15, 0.2) is 0 Å². The fraction of sp³-hybridized carbons (Fsp3) is 0.591.